The van der Waals surface area contributed by atoms with Gasteiger partial charge in [-0.1, -0.05) is 6.07 Å². The number of hydrogen-bond acceptors (Lipinski definition) is 7. The second-order valence-electron chi connectivity index (χ2n) is 8.18. The molecule has 11 heteroatoms. The molecule has 1 atom stereocenters. The van der Waals surface area contributed by atoms with Gasteiger partial charge >= 0.3 is 6.18 Å². The number of nitrogens with zero attached hydrogens (tertiary/aromatic N) is 5. The summed E-state index contributed by atoms with van der Waals surface area (Å²) in [6.07, 6.45) is -3.17. The van der Waals surface area contributed by atoms with Crippen LogP contribution in [0.4, 0.5) is 19.0 Å². The predicted molar refractivity (Wildman–Crippen MR) is 115 cm³/mol. The van der Waals surface area contributed by atoms with E-state index in [0.717, 1.165) is 17.6 Å². The lowest BCUT2D eigenvalue weighted by Crippen LogP contribution is -2.42. The topological polar surface area (TPSA) is 73.8 Å². The number of rotatable bonds is 4. The minimum atomic E-state index is -4.51. The number of carbonyl (C=O) groups excluding carboxylic acids is 1. The molecule has 0 unspecified atom stereocenters. The average molecular weight is 462 g/mol. The Morgan fingerprint density at radius 2 is 2.00 bits per heavy atom. The first-order valence-electron chi connectivity index (χ1n) is 10.4. The zero-order valence-corrected chi connectivity index (χ0v) is 18.8. The fourth-order valence-electron chi connectivity index (χ4n) is 4.08. The number of alkyl halides is 3. The first kappa shape index (κ1) is 22.8. The molecule has 2 aliphatic heterocycles. The number of carbonyl (C=O) groups is 1. The zero-order valence-electron chi connectivity index (χ0n) is 18.8. The first-order valence-corrected chi connectivity index (χ1v) is 10.4. The van der Waals surface area contributed by atoms with Gasteiger partial charge in [-0.15, -0.1) is 0 Å². The Balaban J connectivity index is 1.53. The van der Waals surface area contributed by atoms with Crippen molar-refractivity contribution in [2.75, 3.05) is 39.4 Å². The van der Waals surface area contributed by atoms with Crippen molar-refractivity contribution >= 4 is 11.7 Å². The van der Waals surface area contributed by atoms with E-state index in [4.69, 9.17) is 4.74 Å². The molecular weight excluding hydrogens is 437 g/mol. The van der Waals surface area contributed by atoms with Gasteiger partial charge in [0.05, 0.1) is 30.2 Å². The van der Waals surface area contributed by atoms with Gasteiger partial charge in [0.15, 0.2) is 0 Å². The molecule has 33 heavy (non-hydrogen) atoms. The number of pyridine rings is 2. The first-order chi connectivity index (χ1) is 15.6. The van der Waals surface area contributed by atoms with Crippen LogP contribution in [0.2, 0.25) is 0 Å². The number of halogens is 3. The summed E-state index contributed by atoms with van der Waals surface area (Å²) < 4.78 is 45.4. The molecule has 0 saturated heterocycles. The van der Waals surface area contributed by atoms with E-state index in [0.29, 0.717) is 20.0 Å². The second-order valence-corrected chi connectivity index (χ2v) is 8.18. The largest absolute Gasteiger partial charge is 0.418 e. The van der Waals surface area contributed by atoms with Crippen molar-refractivity contribution in [3.05, 3.63) is 53.2 Å². The van der Waals surface area contributed by atoms with Gasteiger partial charge in [0.2, 0.25) is 5.91 Å². The van der Waals surface area contributed by atoms with E-state index in [1.165, 1.54) is 13.1 Å². The molecule has 1 amide bonds. The lowest BCUT2D eigenvalue weighted by atomic mass is 10.1. The van der Waals surface area contributed by atoms with Crippen LogP contribution in [0.15, 0.2) is 42.0 Å². The van der Waals surface area contributed by atoms with E-state index in [1.54, 1.807) is 25.1 Å². The van der Waals surface area contributed by atoms with Gasteiger partial charge < -0.3 is 24.8 Å². The molecule has 0 aliphatic carbocycles. The minimum Gasteiger partial charge on any atom is -0.355 e. The van der Waals surface area contributed by atoms with Gasteiger partial charge in [-0.25, -0.2) is 4.98 Å². The molecule has 8 nitrogen and oxygen atoms in total. The van der Waals surface area contributed by atoms with Crippen LogP contribution in [-0.2, 0) is 15.7 Å². The number of ether oxygens (including phenoxy) is 1. The van der Waals surface area contributed by atoms with E-state index in [-0.39, 0.29) is 28.7 Å². The summed E-state index contributed by atoms with van der Waals surface area (Å²) in [5, 5.41) is 2.78. The van der Waals surface area contributed by atoms with Crippen LogP contribution in [-0.4, -0.2) is 70.7 Å². The van der Waals surface area contributed by atoms with Crippen molar-refractivity contribution in [1.82, 2.24) is 24.7 Å². The average Bonchev–Trinajstić information content (AvgIpc) is 3.10. The SMILES string of the molecule is Cc1ncc(-c2cccc(NC(=O)[C@H](C)N3CN(C)C4=C3COCN4C)n2)cc1C(F)(F)F. The standard InChI is InChI=1S/C22H25F3N6O2/c1-13-16(22(23,24)25)8-15(9-26-13)17-6-5-7-19(27-17)28-20(32)14(2)31-11-29(3)21-18(31)10-33-12-30(21)4/h5-9,14H,10-12H2,1-4H3,(H,27,28,32)/t14-/m0/s1. The molecular formula is C22H25F3N6O2. The zero-order chi connectivity index (χ0) is 23.9. The third-order valence-electron chi connectivity index (χ3n) is 5.75. The summed E-state index contributed by atoms with van der Waals surface area (Å²) in [7, 11) is 3.89. The third kappa shape index (κ3) is 4.45. The van der Waals surface area contributed by atoms with Crippen LogP contribution < -0.4 is 5.32 Å². The second kappa shape index (κ2) is 8.54. The molecule has 1 N–H and O–H groups in total. The lowest BCUT2D eigenvalue weighted by molar-refractivity contribution is -0.138. The summed E-state index contributed by atoms with van der Waals surface area (Å²) in [4.78, 5) is 27.2. The maximum atomic E-state index is 13.3. The van der Waals surface area contributed by atoms with Crippen molar-refractivity contribution in [3.8, 4) is 11.3 Å². The van der Waals surface area contributed by atoms with E-state index in [1.807, 2.05) is 23.9 Å². The number of amides is 1. The summed E-state index contributed by atoms with van der Waals surface area (Å²) in [5.74, 6) is 0.985. The van der Waals surface area contributed by atoms with Crippen molar-refractivity contribution in [2.24, 2.45) is 0 Å². The highest BCUT2D eigenvalue weighted by Crippen LogP contribution is 2.34. The van der Waals surface area contributed by atoms with Gasteiger partial charge in [0.1, 0.15) is 24.4 Å². The fraction of sp³-hybridized carbons (Fsp3) is 0.409. The molecule has 0 bridgehead atoms. The maximum Gasteiger partial charge on any atom is 0.418 e. The van der Waals surface area contributed by atoms with Gasteiger partial charge in [0, 0.05) is 31.5 Å². The highest BCUT2D eigenvalue weighted by Gasteiger charge is 2.37. The lowest BCUT2D eigenvalue weighted by Gasteiger charge is -2.31. The Hall–Kier alpha value is -3.34. The summed E-state index contributed by atoms with van der Waals surface area (Å²) >= 11 is 0. The van der Waals surface area contributed by atoms with Crippen molar-refractivity contribution in [2.45, 2.75) is 26.1 Å². The predicted octanol–water partition coefficient (Wildman–Crippen LogP) is 3.09. The Morgan fingerprint density at radius 3 is 2.73 bits per heavy atom. The summed E-state index contributed by atoms with van der Waals surface area (Å²) in [6.45, 7) is 4.53. The minimum absolute atomic E-state index is 0.105. The molecule has 176 valence electrons. The van der Waals surface area contributed by atoms with Gasteiger partial charge in [0.25, 0.3) is 0 Å². The van der Waals surface area contributed by atoms with E-state index in [2.05, 4.69) is 20.2 Å². The molecule has 0 saturated carbocycles. The monoisotopic (exact) mass is 462 g/mol. The van der Waals surface area contributed by atoms with Crippen LogP contribution in [0.5, 0.6) is 0 Å². The third-order valence-corrected chi connectivity index (χ3v) is 5.75. The molecule has 0 spiro atoms. The number of anilines is 1. The van der Waals surface area contributed by atoms with E-state index >= 15 is 0 Å². The van der Waals surface area contributed by atoms with Crippen LogP contribution in [0.25, 0.3) is 11.3 Å². The van der Waals surface area contributed by atoms with Crippen LogP contribution >= 0.6 is 0 Å². The summed E-state index contributed by atoms with van der Waals surface area (Å²) in [6, 6.07) is 5.31. The number of nitrogens with one attached hydrogen (secondary N) is 1. The van der Waals surface area contributed by atoms with Crippen molar-refractivity contribution in [3.63, 3.8) is 0 Å². The van der Waals surface area contributed by atoms with Gasteiger partial charge in [-0.3, -0.25) is 9.78 Å². The fourth-order valence-corrected chi connectivity index (χ4v) is 4.08. The van der Waals surface area contributed by atoms with E-state index in [9.17, 15) is 18.0 Å². The Morgan fingerprint density at radius 1 is 1.24 bits per heavy atom. The van der Waals surface area contributed by atoms with E-state index < -0.39 is 17.8 Å². The van der Waals surface area contributed by atoms with Gasteiger partial charge in [-0.2, -0.15) is 13.2 Å². The Labute approximate surface area is 189 Å². The highest BCUT2D eigenvalue weighted by molar-refractivity contribution is 5.94. The normalized spacial score (nSPS) is 17.4. The molecule has 2 aromatic rings. The van der Waals surface area contributed by atoms with Crippen molar-refractivity contribution in [1.29, 1.82) is 0 Å². The Kier molecular flexibility index (Phi) is 5.91. The van der Waals surface area contributed by atoms with Crippen LogP contribution in [0.1, 0.15) is 18.2 Å². The van der Waals surface area contributed by atoms with Crippen LogP contribution in [0, 0.1) is 6.92 Å². The molecule has 2 aromatic heterocycles. The smallest absolute Gasteiger partial charge is 0.355 e. The Bertz CT molecular complexity index is 1100. The number of aromatic nitrogens is 2. The number of hydrogen-bond donors (Lipinski definition) is 1. The number of aryl methyl sites for hydroxylation is 1. The van der Waals surface area contributed by atoms with Crippen LogP contribution in [0.3, 0.4) is 0 Å². The van der Waals surface area contributed by atoms with Gasteiger partial charge in [-0.05, 0) is 32.0 Å². The highest BCUT2D eigenvalue weighted by atomic mass is 19.4. The quantitative estimate of drug-likeness (QED) is 0.749. The molecule has 4 rings (SSSR count). The molecule has 0 fully saturated rings. The summed E-state index contributed by atoms with van der Waals surface area (Å²) in [5.41, 5.74) is 0.515. The molecule has 2 aliphatic rings. The molecule has 0 aromatic carbocycles. The maximum absolute atomic E-state index is 13.3. The van der Waals surface area contributed by atoms with Crippen molar-refractivity contribution < 1.29 is 22.7 Å². The molecule has 0 radical (unpaired) electrons. The molecule has 4 heterocycles.